The monoisotopic (exact) mass is 151 g/mol. The van der Waals surface area contributed by atoms with Crippen LogP contribution in [0.2, 0.25) is 0 Å². The van der Waals surface area contributed by atoms with Crippen molar-refractivity contribution in [3.63, 3.8) is 0 Å². The van der Waals surface area contributed by atoms with Crippen molar-refractivity contribution >= 4 is 10.9 Å². The number of β-amino-alcohol motifs (C(OH)–C–C–N with tert-alkyl or cyclic N) is 1. The summed E-state index contributed by atoms with van der Waals surface area (Å²) in [5.41, 5.74) is 0. The first-order chi connectivity index (χ1) is 4.20. The number of hydrogen-bond acceptors (Lipinski definition) is 3. The standard InChI is InChI=1S/C4H9NO3S/c6-4-1-2-5(3-4)9(7)8/h4,6,9H,1-3H2/t4-/m1/s1. The molecule has 4 nitrogen and oxygen atoms in total. The van der Waals surface area contributed by atoms with Crippen LogP contribution in [0.4, 0.5) is 0 Å². The summed E-state index contributed by atoms with van der Waals surface area (Å²) in [5.74, 6) is 0. The molecule has 9 heavy (non-hydrogen) atoms. The van der Waals surface area contributed by atoms with E-state index < -0.39 is 17.0 Å². The zero-order chi connectivity index (χ0) is 6.85. The molecule has 0 aromatic rings. The maximum absolute atomic E-state index is 10.2. The molecule has 1 rings (SSSR count). The molecule has 0 aliphatic carbocycles. The fourth-order valence-electron chi connectivity index (χ4n) is 0.872. The normalized spacial score (nSPS) is 29.8. The van der Waals surface area contributed by atoms with E-state index in [0.717, 1.165) is 0 Å². The van der Waals surface area contributed by atoms with Crippen LogP contribution in [0.1, 0.15) is 6.42 Å². The number of rotatable bonds is 1. The Hall–Kier alpha value is -0.130. The van der Waals surface area contributed by atoms with Crippen molar-refractivity contribution in [2.45, 2.75) is 12.5 Å². The Morgan fingerprint density at radius 3 is 2.44 bits per heavy atom. The second-order valence-electron chi connectivity index (χ2n) is 2.09. The number of nitrogens with zero attached hydrogens (tertiary/aromatic N) is 1. The van der Waals surface area contributed by atoms with Gasteiger partial charge in [0.05, 0.1) is 6.10 Å². The Kier molecular flexibility index (Phi) is 2.05. The fourth-order valence-corrected chi connectivity index (χ4v) is 1.47. The molecule has 0 unspecified atom stereocenters. The molecule has 0 aromatic heterocycles. The summed E-state index contributed by atoms with van der Waals surface area (Å²) >= 11 is 0. The van der Waals surface area contributed by atoms with Crippen LogP contribution in [0.15, 0.2) is 0 Å². The summed E-state index contributed by atoms with van der Waals surface area (Å²) < 4.78 is 21.6. The molecule has 0 saturated carbocycles. The third-order valence-electron chi connectivity index (χ3n) is 1.37. The maximum atomic E-state index is 10.2. The average Bonchev–Trinajstić information content (AvgIpc) is 2.14. The van der Waals surface area contributed by atoms with Crippen LogP contribution < -0.4 is 0 Å². The quantitative estimate of drug-likeness (QED) is 0.452. The van der Waals surface area contributed by atoms with Gasteiger partial charge < -0.3 is 5.11 Å². The lowest BCUT2D eigenvalue weighted by Gasteiger charge is -2.02. The molecule has 0 bridgehead atoms. The van der Waals surface area contributed by atoms with Crippen LogP contribution in [-0.2, 0) is 10.9 Å². The van der Waals surface area contributed by atoms with Gasteiger partial charge in [0.1, 0.15) is 0 Å². The zero-order valence-corrected chi connectivity index (χ0v) is 5.75. The molecule has 1 fully saturated rings. The van der Waals surface area contributed by atoms with Gasteiger partial charge in [0.25, 0.3) is 0 Å². The molecule has 1 saturated heterocycles. The summed E-state index contributed by atoms with van der Waals surface area (Å²) in [6, 6.07) is 0. The van der Waals surface area contributed by atoms with Crippen molar-refractivity contribution in [1.82, 2.24) is 4.31 Å². The minimum atomic E-state index is -2.45. The van der Waals surface area contributed by atoms with Crippen molar-refractivity contribution in [3.05, 3.63) is 0 Å². The predicted molar refractivity (Wildman–Crippen MR) is 32.5 cm³/mol. The van der Waals surface area contributed by atoms with Crippen molar-refractivity contribution in [2.75, 3.05) is 13.1 Å². The van der Waals surface area contributed by atoms with Crippen molar-refractivity contribution in [3.8, 4) is 0 Å². The van der Waals surface area contributed by atoms with Crippen LogP contribution >= 0.6 is 0 Å². The molecule has 0 spiro atoms. The lowest BCUT2D eigenvalue weighted by molar-refractivity contribution is 0.189. The number of aliphatic hydroxyl groups excluding tert-OH is 1. The molecule has 0 amide bonds. The highest BCUT2D eigenvalue weighted by Crippen LogP contribution is 2.07. The summed E-state index contributed by atoms with van der Waals surface area (Å²) in [6.07, 6.45) is 0.126. The van der Waals surface area contributed by atoms with E-state index >= 15 is 0 Å². The highest BCUT2D eigenvalue weighted by molar-refractivity contribution is 7.69. The van der Waals surface area contributed by atoms with E-state index in [0.29, 0.717) is 13.0 Å². The molecule has 1 N–H and O–H groups in total. The minimum absolute atomic E-state index is 0.276. The summed E-state index contributed by atoms with van der Waals surface area (Å²) in [5, 5.41) is 8.84. The second-order valence-corrected chi connectivity index (χ2v) is 3.13. The van der Waals surface area contributed by atoms with E-state index in [1.54, 1.807) is 0 Å². The number of aliphatic hydroxyl groups is 1. The maximum Gasteiger partial charge on any atom is 0.204 e. The van der Waals surface area contributed by atoms with Gasteiger partial charge in [0, 0.05) is 13.1 Å². The molecule has 1 aliphatic heterocycles. The van der Waals surface area contributed by atoms with Crippen LogP contribution in [0.3, 0.4) is 0 Å². The molecule has 54 valence electrons. The van der Waals surface area contributed by atoms with E-state index in [4.69, 9.17) is 5.11 Å². The van der Waals surface area contributed by atoms with Crippen LogP contribution in [-0.4, -0.2) is 37.0 Å². The first-order valence-electron chi connectivity index (χ1n) is 2.77. The zero-order valence-electron chi connectivity index (χ0n) is 4.86. The van der Waals surface area contributed by atoms with Gasteiger partial charge in [0.15, 0.2) is 0 Å². The van der Waals surface area contributed by atoms with Gasteiger partial charge in [0.2, 0.25) is 10.9 Å². The lowest BCUT2D eigenvalue weighted by Crippen LogP contribution is -2.19. The van der Waals surface area contributed by atoms with Gasteiger partial charge in [-0.05, 0) is 6.42 Å². The predicted octanol–water partition coefficient (Wildman–Crippen LogP) is -1.42. The first kappa shape index (κ1) is 6.98. The summed E-state index contributed by atoms with van der Waals surface area (Å²) in [6.45, 7) is 0.749. The van der Waals surface area contributed by atoms with Gasteiger partial charge in [-0.25, -0.2) is 12.7 Å². The van der Waals surface area contributed by atoms with Gasteiger partial charge in [-0.1, -0.05) is 0 Å². The van der Waals surface area contributed by atoms with Crippen molar-refractivity contribution in [2.24, 2.45) is 0 Å². The third kappa shape index (κ3) is 1.64. The molecule has 1 aliphatic rings. The largest absolute Gasteiger partial charge is 0.392 e. The molecule has 5 heteroatoms. The highest BCUT2D eigenvalue weighted by atomic mass is 32.2. The van der Waals surface area contributed by atoms with Gasteiger partial charge in [-0.3, -0.25) is 0 Å². The van der Waals surface area contributed by atoms with Crippen molar-refractivity contribution in [1.29, 1.82) is 0 Å². The van der Waals surface area contributed by atoms with Crippen molar-refractivity contribution < 1.29 is 13.5 Å². The molecule has 0 radical (unpaired) electrons. The Morgan fingerprint density at radius 1 is 1.56 bits per heavy atom. The minimum Gasteiger partial charge on any atom is -0.392 e. The van der Waals surface area contributed by atoms with Gasteiger partial charge >= 0.3 is 0 Å². The number of thiol groups is 1. The topological polar surface area (TPSA) is 57.6 Å². The van der Waals surface area contributed by atoms with E-state index in [-0.39, 0.29) is 6.54 Å². The Bertz CT molecular complexity index is 159. The summed E-state index contributed by atoms with van der Waals surface area (Å²) in [7, 11) is -2.45. The van der Waals surface area contributed by atoms with Crippen LogP contribution in [0, 0.1) is 0 Å². The number of hydrogen-bond donors (Lipinski definition) is 2. The highest BCUT2D eigenvalue weighted by Gasteiger charge is 2.21. The SMILES string of the molecule is O=[SH](=O)N1CC[C@@H](O)C1. The van der Waals surface area contributed by atoms with E-state index in [9.17, 15) is 8.42 Å². The lowest BCUT2D eigenvalue weighted by atomic mass is 10.3. The van der Waals surface area contributed by atoms with Gasteiger partial charge in [-0.2, -0.15) is 0 Å². The van der Waals surface area contributed by atoms with Crippen LogP contribution in [0.5, 0.6) is 0 Å². The van der Waals surface area contributed by atoms with Gasteiger partial charge in [-0.15, -0.1) is 0 Å². The Labute approximate surface area is 55.2 Å². The summed E-state index contributed by atoms with van der Waals surface area (Å²) in [4.78, 5) is 0. The first-order valence-corrected chi connectivity index (χ1v) is 3.90. The van der Waals surface area contributed by atoms with E-state index in [2.05, 4.69) is 0 Å². The second kappa shape index (κ2) is 2.64. The molecule has 1 atom stereocenters. The van der Waals surface area contributed by atoms with E-state index in [1.807, 2.05) is 0 Å². The fraction of sp³-hybridized carbons (Fsp3) is 1.00. The Balaban J connectivity index is 2.48. The Morgan fingerprint density at radius 2 is 2.22 bits per heavy atom. The molecular formula is C4H9NO3S. The smallest absolute Gasteiger partial charge is 0.204 e. The van der Waals surface area contributed by atoms with E-state index in [1.165, 1.54) is 4.31 Å². The van der Waals surface area contributed by atoms with Crippen LogP contribution in [0.25, 0.3) is 0 Å². The molecular weight excluding hydrogens is 142 g/mol. The molecule has 0 aromatic carbocycles. The average molecular weight is 151 g/mol. The third-order valence-corrected chi connectivity index (χ3v) is 2.20. The molecule has 1 heterocycles.